The first-order valence-corrected chi connectivity index (χ1v) is 6.53. The van der Waals surface area contributed by atoms with Crippen molar-refractivity contribution in [1.29, 1.82) is 0 Å². The topological polar surface area (TPSA) is 38.4 Å². The highest BCUT2D eigenvalue weighted by atomic mass is 14.9. The van der Waals surface area contributed by atoms with Crippen LogP contribution in [0.1, 0.15) is 42.4 Å². The van der Waals surface area contributed by atoms with E-state index in [0.717, 1.165) is 12.8 Å². The van der Waals surface area contributed by atoms with Crippen molar-refractivity contribution in [3.8, 4) is 0 Å². The van der Waals surface area contributed by atoms with Crippen LogP contribution in [0.25, 0.3) is 0 Å². The molecule has 1 aromatic rings. The van der Waals surface area contributed by atoms with Gasteiger partial charge in [0.05, 0.1) is 6.04 Å². The summed E-state index contributed by atoms with van der Waals surface area (Å²) in [5.41, 5.74) is 9.94. The van der Waals surface area contributed by atoms with Gasteiger partial charge in [-0.15, -0.1) is 0 Å². The summed E-state index contributed by atoms with van der Waals surface area (Å²) in [6.07, 6.45) is 6.82. The number of hydrogen-bond acceptors (Lipinski definition) is 2. The molecule has 0 saturated heterocycles. The van der Waals surface area contributed by atoms with Crippen molar-refractivity contribution in [2.45, 2.75) is 51.6 Å². The molecule has 2 rings (SSSR count). The third-order valence-corrected chi connectivity index (χ3v) is 3.72. The minimum atomic E-state index is 0.254. The second kappa shape index (κ2) is 5.46. The van der Waals surface area contributed by atoms with E-state index in [0.29, 0.717) is 6.04 Å². The molecule has 2 unspecified atom stereocenters. The minimum Gasteiger partial charge on any atom is -0.326 e. The van der Waals surface area contributed by atoms with Crippen molar-refractivity contribution in [2.24, 2.45) is 10.7 Å². The first-order valence-electron chi connectivity index (χ1n) is 6.53. The SMILES string of the molecule is Cc1cccc(C)c1C=NC1CCCCC1N. The van der Waals surface area contributed by atoms with Gasteiger partial charge < -0.3 is 5.73 Å². The lowest BCUT2D eigenvalue weighted by Crippen LogP contribution is -2.36. The van der Waals surface area contributed by atoms with Crippen LogP contribution >= 0.6 is 0 Å². The van der Waals surface area contributed by atoms with E-state index in [4.69, 9.17) is 10.7 Å². The second-order valence-electron chi connectivity index (χ2n) is 5.10. The molecule has 17 heavy (non-hydrogen) atoms. The Morgan fingerprint density at radius 1 is 1.18 bits per heavy atom. The molecule has 92 valence electrons. The summed E-state index contributed by atoms with van der Waals surface area (Å²) >= 11 is 0. The van der Waals surface area contributed by atoms with Crippen LogP contribution in [-0.4, -0.2) is 18.3 Å². The third kappa shape index (κ3) is 2.95. The van der Waals surface area contributed by atoms with Gasteiger partial charge in [0.2, 0.25) is 0 Å². The zero-order chi connectivity index (χ0) is 12.3. The lowest BCUT2D eigenvalue weighted by Gasteiger charge is -2.25. The molecule has 1 aliphatic carbocycles. The van der Waals surface area contributed by atoms with Gasteiger partial charge in [0.25, 0.3) is 0 Å². The number of hydrogen-bond donors (Lipinski definition) is 1. The number of aryl methyl sites for hydroxylation is 2. The van der Waals surface area contributed by atoms with E-state index < -0.39 is 0 Å². The normalized spacial score (nSPS) is 25.4. The zero-order valence-electron chi connectivity index (χ0n) is 10.8. The van der Waals surface area contributed by atoms with Gasteiger partial charge in [-0.25, -0.2) is 0 Å². The van der Waals surface area contributed by atoms with E-state index in [2.05, 4.69) is 32.0 Å². The number of nitrogens with two attached hydrogens (primary N) is 1. The summed E-state index contributed by atoms with van der Waals surface area (Å²) in [6, 6.07) is 6.94. The van der Waals surface area contributed by atoms with Crippen LogP contribution in [0.3, 0.4) is 0 Å². The van der Waals surface area contributed by atoms with Crippen molar-refractivity contribution in [1.82, 2.24) is 0 Å². The van der Waals surface area contributed by atoms with E-state index in [1.807, 2.05) is 6.21 Å². The molecular formula is C15H22N2. The molecule has 2 atom stereocenters. The second-order valence-corrected chi connectivity index (χ2v) is 5.10. The monoisotopic (exact) mass is 230 g/mol. The molecular weight excluding hydrogens is 208 g/mol. The Morgan fingerprint density at radius 3 is 2.47 bits per heavy atom. The standard InChI is InChI=1S/C15H22N2/c1-11-6-5-7-12(2)13(11)10-17-15-9-4-3-8-14(15)16/h5-7,10,14-15H,3-4,8-9,16H2,1-2H3. The average Bonchev–Trinajstić information content (AvgIpc) is 2.30. The molecule has 0 amide bonds. The Kier molecular flexibility index (Phi) is 3.95. The van der Waals surface area contributed by atoms with Crippen molar-refractivity contribution >= 4 is 6.21 Å². The van der Waals surface area contributed by atoms with E-state index in [1.165, 1.54) is 29.5 Å². The number of benzene rings is 1. The fraction of sp³-hybridized carbons (Fsp3) is 0.533. The number of aliphatic imine (C=N–C) groups is 1. The highest BCUT2D eigenvalue weighted by Crippen LogP contribution is 2.20. The molecule has 1 aliphatic rings. The Hall–Kier alpha value is -1.15. The fourth-order valence-corrected chi connectivity index (χ4v) is 2.53. The Labute approximate surface area is 104 Å². The van der Waals surface area contributed by atoms with Gasteiger partial charge in [0, 0.05) is 12.3 Å². The predicted molar refractivity (Wildman–Crippen MR) is 73.7 cm³/mol. The molecule has 1 saturated carbocycles. The lowest BCUT2D eigenvalue weighted by molar-refractivity contribution is 0.387. The maximum atomic E-state index is 6.11. The number of rotatable bonds is 2. The molecule has 1 aromatic carbocycles. The highest BCUT2D eigenvalue weighted by Gasteiger charge is 2.20. The van der Waals surface area contributed by atoms with Crippen LogP contribution in [0.2, 0.25) is 0 Å². The van der Waals surface area contributed by atoms with Gasteiger partial charge in [0.15, 0.2) is 0 Å². The predicted octanol–water partition coefficient (Wildman–Crippen LogP) is 2.99. The van der Waals surface area contributed by atoms with Gasteiger partial charge in [-0.1, -0.05) is 31.0 Å². The van der Waals surface area contributed by atoms with Crippen LogP contribution in [0, 0.1) is 13.8 Å². The van der Waals surface area contributed by atoms with Crippen LogP contribution in [-0.2, 0) is 0 Å². The van der Waals surface area contributed by atoms with Gasteiger partial charge >= 0.3 is 0 Å². The quantitative estimate of drug-likeness (QED) is 0.779. The average molecular weight is 230 g/mol. The summed E-state index contributed by atoms with van der Waals surface area (Å²) in [7, 11) is 0. The summed E-state index contributed by atoms with van der Waals surface area (Å²) < 4.78 is 0. The smallest absolute Gasteiger partial charge is 0.0650 e. The summed E-state index contributed by atoms with van der Waals surface area (Å²) in [5.74, 6) is 0. The molecule has 1 fully saturated rings. The van der Waals surface area contributed by atoms with E-state index in [-0.39, 0.29) is 6.04 Å². The van der Waals surface area contributed by atoms with Gasteiger partial charge in [-0.2, -0.15) is 0 Å². The molecule has 2 nitrogen and oxygen atoms in total. The Balaban J connectivity index is 2.14. The fourth-order valence-electron chi connectivity index (χ4n) is 2.53. The lowest BCUT2D eigenvalue weighted by atomic mass is 9.91. The highest BCUT2D eigenvalue weighted by molar-refractivity contribution is 5.83. The maximum Gasteiger partial charge on any atom is 0.0650 e. The first-order chi connectivity index (χ1) is 8.18. The molecule has 0 aliphatic heterocycles. The van der Waals surface area contributed by atoms with Crippen LogP contribution in [0.15, 0.2) is 23.2 Å². The van der Waals surface area contributed by atoms with E-state index in [1.54, 1.807) is 0 Å². The maximum absolute atomic E-state index is 6.11. The summed E-state index contributed by atoms with van der Waals surface area (Å²) in [4.78, 5) is 4.71. The van der Waals surface area contributed by atoms with Crippen LogP contribution < -0.4 is 5.73 Å². The van der Waals surface area contributed by atoms with E-state index in [9.17, 15) is 0 Å². The third-order valence-electron chi connectivity index (χ3n) is 3.72. The van der Waals surface area contributed by atoms with Gasteiger partial charge in [0.1, 0.15) is 0 Å². The molecule has 2 N–H and O–H groups in total. The first kappa shape index (κ1) is 12.3. The molecule has 0 heterocycles. The van der Waals surface area contributed by atoms with Crippen LogP contribution in [0.4, 0.5) is 0 Å². The van der Waals surface area contributed by atoms with Gasteiger partial charge in [-0.3, -0.25) is 4.99 Å². The molecule has 0 bridgehead atoms. The van der Waals surface area contributed by atoms with Gasteiger partial charge in [-0.05, 0) is 43.4 Å². The zero-order valence-corrected chi connectivity index (χ0v) is 10.8. The van der Waals surface area contributed by atoms with Crippen molar-refractivity contribution in [3.05, 3.63) is 34.9 Å². The molecule has 0 radical (unpaired) electrons. The van der Waals surface area contributed by atoms with Crippen molar-refractivity contribution in [3.63, 3.8) is 0 Å². The summed E-state index contributed by atoms with van der Waals surface area (Å²) in [6.45, 7) is 4.27. The Morgan fingerprint density at radius 2 is 1.82 bits per heavy atom. The molecule has 2 heteroatoms. The van der Waals surface area contributed by atoms with Crippen molar-refractivity contribution in [2.75, 3.05) is 0 Å². The van der Waals surface area contributed by atoms with E-state index >= 15 is 0 Å². The molecule has 0 aromatic heterocycles. The Bertz CT molecular complexity index is 389. The summed E-state index contributed by atoms with van der Waals surface area (Å²) in [5, 5.41) is 0. The van der Waals surface area contributed by atoms with Crippen molar-refractivity contribution < 1.29 is 0 Å². The molecule has 0 spiro atoms. The van der Waals surface area contributed by atoms with Crippen LogP contribution in [0.5, 0.6) is 0 Å². The number of nitrogens with zero attached hydrogens (tertiary/aromatic N) is 1. The largest absolute Gasteiger partial charge is 0.326 e. The minimum absolute atomic E-state index is 0.254.